The normalized spacial score (nSPS) is 21.6. The van der Waals surface area contributed by atoms with E-state index in [2.05, 4.69) is 15.5 Å². The Kier molecular flexibility index (Phi) is 10.0. The number of ether oxygens (including phenoxy) is 3. The molecule has 0 spiro atoms. The summed E-state index contributed by atoms with van der Waals surface area (Å²) in [6.07, 6.45) is 0.678. The summed E-state index contributed by atoms with van der Waals surface area (Å²) >= 11 is 0. The highest BCUT2D eigenvalue weighted by Crippen LogP contribution is 2.31. The van der Waals surface area contributed by atoms with Gasteiger partial charge in [-0.3, -0.25) is 4.79 Å². The lowest BCUT2D eigenvalue weighted by atomic mass is 10.1. The Morgan fingerprint density at radius 2 is 1.96 bits per heavy atom. The van der Waals surface area contributed by atoms with E-state index in [1.54, 1.807) is 14.2 Å². The second-order valence-electron chi connectivity index (χ2n) is 6.48. The van der Waals surface area contributed by atoms with E-state index < -0.39 is 0 Å². The first-order valence-electron chi connectivity index (χ1n) is 8.77. The average molecular weight is 422 g/mol. The van der Waals surface area contributed by atoms with E-state index in [0.717, 1.165) is 43.2 Å². The molecular weight excluding hydrogens is 393 g/mol. The molecule has 2 heterocycles. The van der Waals surface area contributed by atoms with E-state index in [-0.39, 0.29) is 36.8 Å². The van der Waals surface area contributed by atoms with Gasteiger partial charge < -0.3 is 29.7 Å². The maximum absolute atomic E-state index is 12.2. The van der Waals surface area contributed by atoms with Crippen molar-refractivity contribution in [2.75, 3.05) is 58.5 Å². The summed E-state index contributed by atoms with van der Waals surface area (Å²) in [6, 6.07) is 5.91. The predicted octanol–water partition coefficient (Wildman–Crippen LogP) is 1.48. The van der Waals surface area contributed by atoms with Crippen molar-refractivity contribution >= 4 is 36.4 Å². The van der Waals surface area contributed by atoms with Gasteiger partial charge >= 0.3 is 0 Å². The number of rotatable bonds is 6. The van der Waals surface area contributed by atoms with Crippen molar-refractivity contribution < 1.29 is 19.0 Å². The number of hydrogen-bond donors (Lipinski definition) is 2. The number of halogens is 2. The van der Waals surface area contributed by atoms with Crippen LogP contribution < -0.4 is 25.0 Å². The van der Waals surface area contributed by atoms with Crippen LogP contribution in [0.15, 0.2) is 18.2 Å². The Bertz CT molecular complexity index is 578. The summed E-state index contributed by atoms with van der Waals surface area (Å²) in [4.78, 5) is 14.5. The fraction of sp³-hybridized carbons (Fsp3) is 0.611. The Hall–Kier alpha value is -1.41. The van der Waals surface area contributed by atoms with Crippen LogP contribution in [0.2, 0.25) is 0 Å². The quantitative estimate of drug-likeness (QED) is 0.724. The highest BCUT2D eigenvalue weighted by molar-refractivity contribution is 5.85. The van der Waals surface area contributed by atoms with Crippen LogP contribution in [0.25, 0.3) is 0 Å². The Labute approximate surface area is 172 Å². The van der Waals surface area contributed by atoms with Gasteiger partial charge in [-0.15, -0.1) is 24.8 Å². The number of nitrogens with one attached hydrogen (secondary N) is 2. The number of morpholine rings is 1. The average Bonchev–Trinajstić information content (AvgIpc) is 3.15. The molecule has 0 aliphatic carbocycles. The molecule has 0 saturated carbocycles. The van der Waals surface area contributed by atoms with Crippen LogP contribution >= 0.6 is 24.8 Å². The molecule has 2 fully saturated rings. The molecule has 9 heteroatoms. The van der Waals surface area contributed by atoms with Gasteiger partial charge in [0.1, 0.15) is 17.6 Å². The number of carbonyl (C=O) groups excluding carboxylic acids is 1. The third-order valence-electron chi connectivity index (χ3n) is 4.77. The molecular formula is C18H29Cl2N3O4. The second-order valence-corrected chi connectivity index (χ2v) is 6.48. The van der Waals surface area contributed by atoms with Crippen molar-refractivity contribution in [1.29, 1.82) is 0 Å². The van der Waals surface area contributed by atoms with Gasteiger partial charge in [0.25, 0.3) is 0 Å². The molecule has 2 aliphatic heterocycles. The first-order valence-corrected chi connectivity index (χ1v) is 8.77. The van der Waals surface area contributed by atoms with Crippen molar-refractivity contribution in [3.63, 3.8) is 0 Å². The largest absolute Gasteiger partial charge is 0.497 e. The van der Waals surface area contributed by atoms with Gasteiger partial charge in [-0.05, 0) is 12.3 Å². The molecule has 1 amide bonds. The number of benzene rings is 1. The van der Waals surface area contributed by atoms with E-state index in [1.165, 1.54) is 0 Å². The third-order valence-corrected chi connectivity index (χ3v) is 4.77. The number of amides is 1. The lowest BCUT2D eigenvalue weighted by molar-refractivity contribution is -0.134. The van der Waals surface area contributed by atoms with Crippen LogP contribution in [0.5, 0.6) is 11.5 Å². The maximum Gasteiger partial charge on any atom is 0.250 e. The molecule has 0 bridgehead atoms. The van der Waals surface area contributed by atoms with Crippen LogP contribution in [0.1, 0.15) is 6.42 Å². The number of methoxy groups -OCH3 is 2. The third kappa shape index (κ3) is 6.31. The fourth-order valence-corrected chi connectivity index (χ4v) is 3.30. The first-order chi connectivity index (χ1) is 12.2. The van der Waals surface area contributed by atoms with Gasteiger partial charge in [-0.25, -0.2) is 0 Å². The van der Waals surface area contributed by atoms with Gasteiger partial charge in [-0.2, -0.15) is 0 Å². The Morgan fingerprint density at radius 3 is 2.56 bits per heavy atom. The summed E-state index contributed by atoms with van der Waals surface area (Å²) in [6.45, 7) is 4.53. The molecule has 7 nitrogen and oxygen atoms in total. The highest BCUT2D eigenvalue weighted by Gasteiger charge is 2.26. The summed E-state index contributed by atoms with van der Waals surface area (Å²) in [5, 5.41) is 6.21. The minimum atomic E-state index is -0.367. The maximum atomic E-state index is 12.2. The molecule has 27 heavy (non-hydrogen) atoms. The van der Waals surface area contributed by atoms with Crippen molar-refractivity contribution in [2.45, 2.75) is 12.5 Å². The Morgan fingerprint density at radius 1 is 1.26 bits per heavy atom. The van der Waals surface area contributed by atoms with E-state index in [0.29, 0.717) is 25.6 Å². The zero-order valence-corrected chi connectivity index (χ0v) is 17.4. The number of anilines is 1. The number of hydrogen-bond acceptors (Lipinski definition) is 6. The molecule has 3 rings (SSSR count). The van der Waals surface area contributed by atoms with E-state index in [4.69, 9.17) is 14.2 Å². The van der Waals surface area contributed by atoms with Crippen molar-refractivity contribution in [1.82, 2.24) is 10.6 Å². The van der Waals surface area contributed by atoms with Crippen molar-refractivity contribution in [2.24, 2.45) is 5.92 Å². The molecule has 2 aliphatic rings. The molecule has 2 unspecified atom stereocenters. The SMILES string of the molecule is COc1cc(OC)cc(N2CCC(CNC(=O)C3CNCCO3)C2)c1.Cl.Cl. The van der Waals surface area contributed by atoms with Crippen LogP contribution in [-0.2, 0) is 9.53 Å². The topological polar surface area (TPSA) is 72.1 Å². The first kappa shape index (κ1) is 23.6. The number of carbonyl (C=O) groups is 1. The molecule has 0 aromatic heterocycles. The molecule has 1 aromatic rings. The molecule has 154 valence electrons. The van der Waals surface area contributed by atoms with E-state index >= 15 is 0 Å². The summed E-state index contributed by atoms with van der Waals surface area (Å²) < 4.78 is 16.2. The zero-order chi connectivity index (χ0) is 17.6. The molecule has 2 N–H and O–H groups in total. The standard InChI is InChI=1S/C18H27N3O4.2ClH/c1-23-15-7-14(8-16(9-15)24-2)21-5-3-13(12-21)10-20-18(22)17-11-19-4-6-25-17;;/h7-9,13,17,19H,3-6,10-12H2,1-2H3,(H,20,22);2*1H. The summed E-state index contributed by atoms with van der Waals surface area (Å²) in [7, 11) is 3.31. The minimum absolute atomic E-state index is 0. The molecule has 2 saturated heterocycles. The van der Waals surface area contributed by atoms with Crippen molar-refractivity contribution in [3.05, 3.63) is 18.2 Å². The molecule has 0 radical (unpaired) electrons. The van der Waals surface area contributed by atoms with Gasteiger partial charge in [0, 0.05) is 56.6 Å². The molecule has 1 aromatic carbocycles. The van der Waals surface area contributed by atoms with Gasteiger partial charge in [0.2, 0.25) is 5.91 Å². The van der Waals surface area contributed by atoms with Gasteiger partial charge in [0.05, 0.1) is 20.8 Å². The summed E-state index contributed by atoms with van der Waals surface area (Å²) in [5.41, 5.74) is 1.09. The lowest BCUT2D eigenvalue weighted by Gasteiger charge is -2.24. The van der Waals surface area contributed by atoms with Crippen LogP contribution in [0.3, 0.4) is 0 Å². The minimum Gasteiger partial charge on any atom is -0.497 e. The van der Waals surface area contributed by atoms with Crippen LogP contribution in [0.4, 0.5) is 5.69 Å². The second kappa shape index (κ2) is 11.4. The van der Waals surface area contributed by atoms with Crippen LogP contribution in [0, 0.1) is 5.92 Å². The fourth-order valence-electron chi connectivity index (χ4n) is 3.30. The Balaban J connectivity index is 0.00000182. The molecule has 2 atom stereocenters. The predicted molar refractivity (Wildman–Crippen MR) is 110 cm³/mol. The van der Waals surface area contributed by atoms with Gasteiger partial charge in [-0.1, -0.05) is 0 Å². The summed E-state index contributed by atoms with van der Waals surface area (Å²) in [5.74, 6) is 1.98. The lowest BCUT2D eigenvalue weighted by Crippen LogP contribution is -2.48. The smallest absolute Gasteiger partial charge is 0.250 e. The highest BCUT2D eigenvalue weighted by atomic mass is 35.5. The van der Waals surface area contributed by atoms with Crippen molar-refractivity contribution in [3.8, 4) is 11.5 Å². The van der Waals surface area contributed by atoms with E-state index in [9.17, 15) is 4.79 Å². The zero-order valence-electron chi connectivity index (χ0n) is 15.7. The van der Waals surface area contributed by atoms with Crippen LogP contribution in [-0.4, -0.2) is 65.6 Å². The number of nitrogens with zero attached hydrogens (tertiary/aromatic N) is 1. The monoisotopic (exact) mass is 421 g/mol. The van der Waals surface area contributed by atoms with Gasteiger partial charge in [0.15, 0.2) is 0 Å². The van der Waals surface area contributed by atoms with E-state index in [1.807, 2.05) is 18.2 Å².